The summed E-state index contributed by atoms with van der Waals surface area (Å²) < 4.78 is 13.0. The number of rotatable bonds is 10. The van der Waals surface area contributed by atoms with E-state index in [0.717, 1.165) is 17.5 Å². The molecule has 0 fully saturated rings. The third kappa shape index (κ3) is 6.10. The van der Waals surface area contributed by atoms with E-state index < -0.39 is 4.92 Å². The standard InChI is InChI=1S/C22H23Cl2IN3O4P/c1-4-9-31-21-17(23)10-15(11-18(21)24)22(2,3)14-5-7-16(8-6-14)32-13-19-20(28(29)30)12-27(26-19)33-25/h5-8,10-12,33H,4,9,13H2,1-3H3. The van der Waals surface area contributed by atoms with Gasteiger partial charge in [0.1, 0.15) is 18.6 Å². The van der Waals surface area contributed by atoms with Gasteiger partial charge in [0.2, 0.25) is 0 Å². The Hall–Kier alpha value is -1.61. The Morgan fingerprint density at radius 3 is 2.33 bits per heavy atom. The molecule has 1 unspecified atom stereocenters. The lowest BCUT2D eigenvalue weighted by atomic mass is 9.78. The maximum atomic E-state index is 11.2. The maximum absolute atomic E-state index is 11.2. The third-order valence-corrected chi connectivity index (χ3v) is 7.62. The predicted octanol–water partition coefficient (Wildman–Crippen LogP) is 7.58. The van der Waals surface area contributed by atoms with Gasteiger partial charge in [-0.05, 0) is 63.9 Å². The number of nitrogens with zero attached hydrogens (tertiary/aromatic N) is 3. The van der Waals surface area contributed by atoms with E-state index in [0.29, 0.717) is 33.8 Å². The van der Waals surface area contributed by atoms with Crippen LogP contribution in [-0.4, -0.2) is 21.1 Å². The van der Waals surface area contributed by atoms with Gasteiger partial charge in [-0.1, -0.05) is 56.1 Å². The molecule has 1 heterocycles. The Morgan fingerprint density at radius 2 is 1.79 bits per heavy atom. The highest BCUT2D eigenvalue weighted by Gasteiger charge is 2.26. The lowest BCUT2D eigenvalue weighted by Gasteiger charge is -2.27. The van der Waals surface area contributed by atoms with Crippen molar-refractivity contribution in [3.8, 4) is 11.5 Å². The fourth-order valence-electron chi connectivity index (χ4n) is 3.25. The number of nitro groups is 1. The monoisotopic (exact) mass is 621 g/mol. The zero-order chi connectivity index (χ0) is 24.2. The summed E-state index contributed by atoms with van der Waals surface area (Å²) in [4.78, 5) is 10.8. The van der Waals surface area contributed by atoms with Crippen LogP contribution < -0.4 is 9.47 Å². The van der Waals surface area contributed by atoms with Gasteiger partial charge in [0.15, 0.2) is 11.4 Å². The van der Waals surface area contributed by atoms with Gasteiger partial charge < -0.3 is 9.47 Å². The van der Waals surface area contributed by atoms with Gasteiger partial charge >= 0.3 is 5.69 Å². The second-order valence-electron chi connectivity index (χ2n) is 7.80. The van der Waals surface area contributed by atoms with Gasteiger partial charge in [0, 0.05) is 5.41 Å². The highest BCUT2D eigenvalue weighted by molar-refractivity contribution is 14.2. The molecule has 11 heteroatoms. The molecule has 0 amide bonds. The van der Waals surface area contributed by atoms with Crippen LogP contribution in [-0.2, 0) is 12.0 Å². The van der Waals surface area contributed by atoms with Gasteiger partial charge in [-0.3, -0.25) is 10.1 Å². The summed E-state index contributed by atoms with van der Waals surface area (Å²) in [6.45, 7) is 6.74. The summed E-state index contributed by atoms with van der Waals surface area (Å²) in [6, 6.07) is 11.3. The molecule has 0 saturated heterocycles. The van der Waals surface area contributed by atoms with Crippen molar-refractivity contribution in [2.24, 2.45) is 0 Å². The summed E-state index contributed by atoms with van der Waals surface area (Å²) in [6.07, 6.45) is 2.56. The highest BCUT2D eigenvalue weighted by Crippen LogP contribution is 2.40. The molecule has 0 aliphatic heterocycles. The van der Waals surface area contributed by atoms with Crippen molar-refractivity contribution in [1.29, 1.82) is 0 Å². The van der Waals surface area contributed by atoms with Crippen LogP contribution in [0.5, 0.6) is 11.5 Å². The highest BCUT2D eigenvalue weighted by atomic mass is 127. The average Bonchev–Trinajstić information content (AvgIpc) is 3.21. The van der Waals surface area contributed by atoms with Crippen molar-refractivity contribution in [3.05, 3.63) is 79.6 Å². The van der Waals surface area contributed by atoms with Crippen LogP contribution in [0.1, 0.15) is 44.0 Å². The molecular weight excluding hydrogens is 599 g/mol. The summed E-state index contributed by atoms with van der Waals surface area (Å²) in [7, 11) is 0. The van der Waals surface area contributed by atoms with Crippen LogP contribution in [0, 0.1) is 10.1 Å². The normalized spacial score (nSPS) is 11.8. The first-order valence-corrected chi connectivity index (χ1v) is 14.9. The molecule has 7 nitrogen and oxygen atoms in total. The Labute approximate surface area is 217 Å². The molecule has 3 rings (SSSR count). The zero-order valence-electron chi connectivity index (χ0n) is 18.3. The fourth-order valence-corrected chi connectivity index (χ4v) is 4.92. The number of hydrogen-bond acceptors (Lipinski definition) is 5. The van der Waals surface area contributed by atoms with E-state index in [1.807, 2.05) is 43.3 Å². The van der Waals surface area contributed by atoms with Crippen molar-refractivity contribution < 1.29 is 14.4 Å². The van der Waals surface area contributed by atoms with Crippen molar-refractivity contribution in [2.75, 3.05) is 6.61 Å². The molecule has 176 valence electrons. The number of ether oxygens (including phenoxy) is 2. The smallest absolute Gasteiger partial charge is 0.314 e. The first kappa shape index (κ1) is 26.0. The summed E-state index contributed by atoms with van der Waals surface area (Å²) in [5.74, 6) is 1.10. The molecule has 2 aromatic carbocycles. The van der Waals surface area contributed by atoms with Crippen molar-refractivity contribution in [2.45, 2.75) is 39.2 Å². The van der Waals surface area contributed by atoms with Crippen LogP contribution in [0.25, 0.3) is 0 Å². The van der Waals surface area contributed by atoms with E-state index in [1.165, 1.54) is 10.6 Å². The number of aromatic nitrogens is 2. The zero-order valence-corrected chi connectivity index (χ0v) is 22.9. The van der Waals surface area contributed by atoms with E-state index in [9.17, 15) is 10.1 Å². The number of halogens is 3. The second kappa shape index (κ2) is 11.2. The molecule has 0 saturated carbocycles. The van der Waals surface area contributed by atoms with Gasteiger partial charge in [-0.2, -0.15) is 5.10 Å². The van der Waals surface area contributed by atoms with Crippen LogP contribution in [0.2, 0.25) is 10.0 Å². The van der Waals surface area contributed by atoms with Gasteiger partial charge in [-0.15, -0.1) is 0 Å². The Bertz CT molecular complexity index is 1120. The van der Waals surface area contributed by atoms with E-state index in [4.69, 9.17) is 32.7 Å². The predicted molar refractivity (Wildman–Crippen MR) is 142 cm³/mol. The molecule has 0 spiro atoms. The molecular formula is C22H23Cl2IN3O4P. The minimum atomic E-state index is -0.445. The summed E-state index contributed by atoms with van der Waals surface area (Å²) >= 11 is 15.0. The van der Waals surface area contributed by atoms with E-state index in [1.54, 1.807) is 0 Å². The van der Waals surface area contributed by atoms with Crippen molar-refractivity contribution >= 4 is 57.3 Å². The maximum Gasteiger partial charge on any atom is 0.314 e. The average molecular weight is 622 g/mol. The SMILES string of the molecule is CCCOc1c(Cl)cc(C(C)(C)c2ccc(OCc3nn(PI)cc3[N+](=O)[O-])cc2)cc1Cl. The number of benzene rings is 2. The first-order chi connectivity index (χ1) is 15.7. The minimum Gasteiger partial charge on any atom is -0.490 e. The molecule has 0 radical (unpaired) electrons. The third-order valence-electron chi connectivity index (χ3n) is 5.17. The lowest BCUT2D eigenvalue weighted by molar-refractivity contribution is -0.385. The van der Waals surface area contributed by atoms with Crippen LogP contribution in [0.4, 0.5) is 5.69 Å². The molecule has 33 heavy (non-hydrogen) atoms. The molecule has 0 N–H and O–H groups in total. The summed E-state index contributed by atoms with van der Waals surface area (Å²) in [5, 5.41) is 16.4. The van der Waals surface area contributed by atoms with Gasteiger partial charge in [-0.25, -0.2) is 4.45 Å². The lowest BCUT2D eigenvalue weighted by Crippen LogP contribution is -2.19. The molecule has 3 aromatic rings. The topological polar surface area (TPSA) is 79.4 Å². The van der Waals surface area contributed by atoms with E-state index in [-0.39, 0.29) is 24.1 Å². The fraction of sp³-hybridized carbons (Fsp3) is 0.318. The van der Waals surface area contributed by atoms with Crippen molar-refractivity contribution in [1.82, 2.24) is 9.55 Å². The molecule has 0 aliphatic carbocycles. The largest absolute Gasteiger partial charge is 0.490 e. The molecule has 1 aromatic heterocycles. The quantitative estimate of drug-likeness (QED) is 0.101. The van der Waals surface area contributed by atoms with E-state index >= 15 is 0 Å². The van der Waals surface area contributed by atoms with Gasteiger partial charge in [0.25, 0.3) is 0 Å². The van der Waals surface area contributed by atoms with Crippen LogP contribution in [0.15, 0.2) is 42.6 Å². The van der Waals surface area contributed by atoms with Crippen LogP contribution in [0.3, 0.4) is 0 Å². The first-order valence-electron chi connectivity index (χ1n) is 10.1. The minimum absolute atomic E-state index is 0.0115. The molecule has 1 atom stereocenters. The molecule has 0 bridgehead atoms. The Balaban J connectivity index is 1.77. The Kier molecular flexibility index (Phi) is 8.83. The summed E-state index contributed by atoms with van der Waals surface area (Å²) in [5.41, 5.74) is 1.86. The number of hydrogen-bond donors (Lipinski definition) is 0. The Morgan fingerprint density at radius 1 is 1.15 bits per heavy atom. The van der Waals surface area contributed by atoms with Crippen LogP contribution >= 0.6 is 51.6 Å². The molecule has 0 aliphatic rings. The van der Waals surface area contributed by atoms with Crippen molar-refractivity contribution in [3.63, 3.8) is 0 Å². The van der Waals surface area contributed by atoms with E-state index in [2.05, 4.69) is 41.0 Å². The second-order valence-corrected chi connectivity index (χ2v) is 10.7. The van der Waals surface area contributed by atoms with Gasteiger partial charge in [0.05, 0.1) is 27.9 Å².